The van der Waals surface area contributed by atoms with Gasteiger partial charge in [-0.2, -0.15) is 0 Å². The molecule has 0 fully saturated rings. The maximum absolute atomic E-state index is 6.08. The lowest BCUT2D eigenvalue weighted by Crippen LogP contribution is -2.24. The van der Waals surface area contributed by atoms with Crippen LogP contribution in [0.3, 0.4) is 0 Å². The summed E-state index contributed by atoms with van der Waals surface area (Å²) in [6.45, 7) is 9.36. The summed E-state index contributed by atoms with van der Waals surface area (Å²) >= 11 is 6.08. The van der Waals surface area contributed by atoms with Crippen molar-refractivity contribution in [1.82, 2.24) is 5.32 Å². The van der Waals surface area contributed by atoms with Gasteiger partial charge in [0.15, 0.2) is 0 Å². The summed E-state index contributed by atoms with van der Waals surface area (Å²) < 4.78 is 0. The molecule has 2 heteroatoms. The molecular formula is C14H20ClN. The number of hydrogen-bond acceptors (Lipinski definition) is 1. The fourth-order valence-electron chi connectivity index (χ4n) is 1.40. The molecule has 0 aliphatic rings. The topological polar surface area (TPSA) is 12.0 Å². The summed E-state index contributed by atoms with van der Waals surface area (Å²) in [6, 6.07) is 6.68. The predicted octanol–water partition coefficient (Wildman–Crippen LogP) is 4.05. The van der Waals surface area contributed by atoms with E-state index in [0.29, 0.717) is 6.04 Å². The molecule has 1 rings (SSSR count). The third-order valence-electron chi connectivity index (χ3n) is 2.40. The Bertz CT molecular complexity index is 380. The Morgan fingerprint density at radius 3 is 2.69 bits per heavy atom. The molecule has 1 aromatic rings. The first-order chi connectivity index (χ1) is 7.49. The summed E-state index contributed by atoms with van der Waals surface area (Å²) in [5, 5.41) is 4.22. The first kappa shape index (κ1) is 13.3. The molecule has 0 bridgehead atoms. The Hall–Kier alpha value is -0.790. The van der Waals surface area contributed by atoms with Crippen LogP contribution >= 0.6 is 11.6 Å². The van der Waals surface area contributed by atoms with Gasteiger partial charge >= 0.3 is 0 Å². The van der Waals surface area contributed by atoms with E-state index in [2.05, 4.69) is 44.3 Å². The Kier molecular flexibility index (Phi) is 5.04. The van der Waals surface area contributed by atoms with Crippen LogP contribution in [-0.4, -0.2) is 12.6 Å². The van der Waals surface area contributed by atoms with Crippen LogP contribution in [0, 0.1) is 6.92 Å². The Morgan fingerprint density at radius 1 is 1.44 bits per heavy atom. The van der Waals surface area contributed by atoms with E-state index in [1.165, 1.54) is 11.1 Å². The number of benzene rings is 1. The van der Waals surface area contributed by atoms with E-state index in [1.807, 2.05) is 13.0 Å². The molecule has 0 saturated heterocycles. The van der Waals surface area contributed by atoms with Crippen molar-refractivity contribution in [3.05, 3.63) is 39.9 Å². The van der Waals surface area contributed by atoms with E-state index in [9.17, 15) is 0 Å². The SMILES string of the molecule is C/C(=C\c1ccc(C)c(Cl)c1)CNC(C)C. The van der Waals surface area contributed by atoms with Gasteiger partial charge in [0.1, 0.15) is 0 Å². The monoisotopic (exact) mass is 237 g/mol. The van der Waals surface area contributed by atoms with Crippen LogP contribution in [0.2, 0.25) is 5.02 Å². The van der Waals surface area contributed by atoms with Crippen molar-refractivity contribution in [2.75, 3.05) is 6.54 Å². The molecule has 88 valence electrons. The largest absolute Gasteiger partial charge is 0.311 e. The molecule has 0 saturated carbocycles. The molecule has 0 spiro atoms. The second-order valence-corrected chi connectivity index (χ2v) is 4.94. The van der Waals surface area contributed by atoms with E-state index in [0.717, 1.165) is 17.1 Å². The molecule has 0 aliphatic heterocycles. The Balaban J connectivity index is 2.70. The maximum atomic E-state index is 6.08. The second kappa shape index (κ2) is 6.07. The molecule has 0 amide bonds. The lowest BCUT2D eigenvalue weighted by molar-refractivity contribution is 0.623. The quantitative estimate of drug-likeness (QED) is 0.833. The highest BCUT2D eigenvalue weighted by Gasteiger charge is 1.97. The molecule has 0 atom stereocenters. The summed E-state index contributed by atoms with van der Waals surface area (Å²) in [7, 11) is 0. The van der Waals surface area contributed by atoms with Crippen molar-refractivity contribution in [3.8, 4) is 0 Å². The van der Waals surface area contributed by atoms with Crippen LogP contribution in [-0.2, 0) is 0 Å². The lowest BCUT2D eigenvalue weighted by atomic mass is 10.1. The third kappa shape index (κ3) is 4.38. The van der Waals surface area contributed by atoms with Crippen LogP contribution in [0.1, 0.15) is 31.9 Å². The average molecular weight is 238 g/mol. The normalized spacial score (nSPS) is 12.2. The maximum Gasteiger partial charge on any atom is 0.0441 e. The summed E-state index contributed by atoms with van der Waals surface area (Å²) in [5.41, 5.74) is 3.60. The van der Waals surface area contributed by atoms with Gasteiger partial charge in [-0.3, -0.25) is 0 Å². The minimum absolute atomic E-state index is 0.518. The van der Waals surface area contributed by atoms with Gasteiger partial charge < -0.3 is 5.32 Å². The van der Waals surface area contributed by atoms with Crippen molar-refractivity contribution in [1.29, 1.82) is 0 Å². The molecule has 1 aromatic carbocycles. The zero-order chi connectivity index (χ0) is 12.1. The molecule has 0 aliphatic carbocycles. The Morgan fingerprint density at radius 2 is 2.12 bits per heavy atom. The van der Waals surface area contributed by atoms with Gasteiger partial charge in [0.25, 0.3) is 0 Å². The van der Waals surface area contributed by atoms with Gasteiger partial charge in [0.05, 0.1) is 0 Å². The fourth-order valence-corrected chi connectivity index (χ4v) is 1.59. The molecule has 0 radical (unpaired) electrons. The third-order valence-corrected chi connectivity index (χ3v) is 2.81. The smallest absolute Gasteiger partial charge is 0.0441 e. The number of aryl methyl sites for hydroxylation is 1. The molecule has 0 heterocycles. The van der Waals surface area contributed by atoms with Crippen LogP contribution in [0.5, 0.6) is 0 Å². The summed E-state index contributed by atoms with van der Waals surface area (Å²) in [5.74, 6) is 0. The predicted molar refractivity (Wildman–Crippen MR) is 73.0 cm³/mol. The van der Waals surface area contributed by atoms with Crippen molar-refractivity contribution in [3.63, 3.8) is 0 Å². The minimum atomic E-state index is 0.518. The highest BCUT2D eigenvalue weighted by atomic mass is 35.5. The van der Waals surface area contributed by atoms with E-state index in [1.54, 1.807) is 0 Å². The van der Waals surface area contributed by atoms with Gasteiger partial charge in [-0.05, 0) is 31.0 Å². The van der Waals surface area contributed by atoms with Gasteiger partial charge in [0.2, 0.25) is 0 Å². The first-order valence-corrected chi connectivity index (χ1v) is 6.03. The van der Waals surface area contributed by atoms with Crippen LogP contribution in [0.15, 0.2) is 23.8 Å². The van der Waals surface area contributed by atoms with Crippen molar-refractivity contribution in [2.24, 2.45) is 0 Å². The van der Waals surface area contributed by atoms with E-state index in [-0.39, 0.29) is 0 Å². The molecule has 1 N–H and O–H groups in total. The lowest BCUT2D eigenvalue weighted by Gasteiger charge is -2.08. The molecule has 1 nitrogen and oxygen atoms in total. The zero-order valence-corrected chi connectivity index (χ0v) is 11.2. The Labute approximate surface area is 104 Å². The first-order valence-electron chi connectivity index (χ1n) is 5.65. The van der Waals surface area contributed by atoms with Gasteiger partial charge in [-0.25, -0.2) is 0 Å². The van der Waals surface area contributed by atoms with E-state index < -0.39 is 0 Å². The fraction of sp³-hybridized carbons (Fsp3) is 0.429. The highest BCUT2D eigenvalue weighted by molar-refractivity contribution is 6.31. The number of nitrogens with one attached hydrogen (secondary N) is 1. The van der Waals surface area contributed by atoms with Crippen LogP contribution in [0.25, 0.3) is 6.08 Å². The van der Waals surface area contributed by atoms with Crippen molar-refractivity contribution >= 4 is 17.7 Å². The molecule has 0 aromatic heterocycles. The second-order valence-electron chi connectivity index (χ2n) is 4.53. The molecular weight excluding hydrogens is 218 g/mol. The van der Waals surface area contributed by atoms with E-state index >= 15 is 0 Å². The summed E-state index contributed by atoms with van der Waals surface area (Å²) in [6.07, 6.45) is 2.17. The summed E-state index contributed by atoms with van der Waals surface area (Å²) in [4.78, 5) is 0. The number of hydrogen-bond donors (Lipinski definition) is 1. The standard InChI is InChI=1S/C14H20ClN/c1-10(2)16-9-11(3)7-13-6-5-12(4)14(15)8-13/h5-8,10,16H,9H2,1-4H3/b11-7+. The van der Waals surface area contributed by atoms with Crippen LogP contribution in [0.4, 0.5) is 0 Å². The highest BCUT2D eigenvalue weighted by Crippen LogP contribution is 2.18. The molecule has 16 heavy (non-hydrogen) atoms. The van der Waals surface area contributed by atoms with Gasteiger partial charge in [0, 0.05) is 17.6 Å². The van der Waals surface area contributed by atoms with Gasteiger partial charge in [-0.15, -0.1) is 0 Å². The zero-order valence-electron chi connectivity index (χ0n) is 10.5. The van der Waals surface area contributed by atoms with Crippen molar-refractivity contribution < 1.29 is 0 Å². The average Bonchev–Trinajstić information content (AvgIpc) is 2.21. The number of halogens is 1. The van der Waals surface area contributed by atoms with Crippen molar-refractivity contribution in [2.45, 2.75) is 33.7 Å². The van der Waals surface area contributed by atoms with Crippen LogP contribution < -0.4 is 5.32 Å². The van der Waals surface area contributed by atoms with E-state index in [4.69, 9.17) is 11.6 Å². The van der Waals surface area contributed by atoms with Gasteiger partial charge in [-0.1, -0.05) is 49.2 Å². The molecule has 0 unspecified atom stereocenters. The minimum Gasteiger partial charge on any atom is -0.311 e. The number of rotatable bonds is 4.